The average molecular weight is 1030 g/mol. The van der Waals surface area contributed by atoms with Crippen LogP contribution in [0.4, 0.5) is 0 Å². The average Bonchev–Trinajstić information content (AvgIpc) is 2.93. The Kier molecular flexibility index (Phi) is 47.2. The van der Waals surface area contributed by atoms with Gasteiger partial charge in [0.25, 0.3) is 0 Å². The number of carbonyl (C=O) groups excluding carboxylic acids is 3. The van der Waals surface area contributed by atoms with Gasteiger partial charge in [-0.25, -0.2) is 19.8 Å². The summed E-state index contributed by atoms with van der Waals surface area (Å²) in [5.41, 5.74) is 0. The molecule has 0 bridgehead atoms. The Morgan fingerprint density at radius 1 is 1.00 bits per heavy atom. The summed E-state index contributed by atoms with van der Waals surface area (Å²) >= 11 is 3.07. The summed E-state index contributed by atoms with van der Waals surface area (Å²) < 4.78 is 0. The molecule has 6 N–H and O–H groups in total. The number of aldehydes is 1. The molecular weight excluding hydrogens is 977 g/mol. The zero-order valence-electron chi connectivity index (χ0n) is 25.6. The molecule has 0 aromatic rings. The first-order valence-electron chi connectivity index (χ1n) is 14.0. The summed E-state index contributed by atoms with van der Waals surface area (Å²) in [7, 11) is 0. The van der Waals surface area contributed by atoms with E-state index in [0.29, 0.717) is 45.0 Å². The Hall–Kier alpha value is 3.36. The van der Waals surface area contributed by atoms with Crippen molar-refractivity contribution in [2.24, 2.45) is 0 Å². The van der Waals surface area contributed by atoms with Crippen LogP contribution >= 0.6 is 23.5 Å². The Labute approximate surface area is 368 Å². The van der Waals surface area contributed by atoms with E-state index >= 15 is 0 Å². The number of carbonyl (C=O) groups is 3. The molecule has 248 valence electrons. The van der Waals surface area contributed by atoms with Crippen LogP contribution in [-0.4, -0.2) is 129 Å². The van der Waals surface area contributed by atoms with Gasteiger partial charge >= 0.3 is 0 Å². The van der Waals surface area contributed by atoms with Crippen molar-refractivity contribution in [2.45, 2.75) is 70.1 Å². The maximum absolute atomic E-state index is 12.0. The predicted molar refractivity (Wildman–Crippen MR) is 161 cm³/mol. The van der Waals surface area contributed by atoms with Crippen LogP contribution in [0, 0.1) is 145 Å². The quantitative estimate of drug-likeness (QED) is 0.0499. The molecule has 0 aromatic carbocycles. The first-order chi connectivity index (χ1) is 19.3. The predicted octanol–water partition coefficient (Wildman–Crippen LogP) is 1.57. The molecule has 1 heterocycles. The largest absolute Gasteiger partial charge is 0.565 e. The normalized spacial score (nSPS) is 16.6. The first kappa shape index (κ1) is 53.2. The molecule has 16 heteroatoms. The molecule has 1 aliphatic heterocycles. The number of rotatable bonds is 23. The molecule has 1 amide bonds. The summed E-state index contributed by atoms with van der Waals surface area (Å²) in [6, 6.07) is -0.724. The van der Waals surface area contributed by atoms with Crippen LogP contribution < -0.4 is 10.6 Å². The van der Waals surface area contributed by atoms with Crippen molar-refractivity contribution in [1.29, 1.82) is 0 Å². The first-order valence-corrected chi connectivity index (χ1v) is 16.3. The van der Waals surface area contributed by atoms with Gasteiger partial charge in [-0.15, -0.1) is 19.6 Å². The molecule has 0 radical (unpaired) electrons. The molecular formula is C27H51Ce3N4O7S2-3. The molecule has 43 heavy (non-hydrogen) atoms. The van der Waals surface area contributed by atoms with Gasteiger partial charge in [-0.1, -0.05) is 18.7 Å². The van der Waals surface area contributed by atoms with Gasteiger partial charge in [-0.2, -0.15) is 11.8 Å². The van der Waals surface area contributed by atoms with E-state index in [1.807, 2.05) is 23.6 Å². The molecule has 0 spiro atoms. The second-order valence-electron chi connectivity index (χ2n) is 9.53. The number of unbranched alkanes of at least 4 members (excludes halogenated alkanes) is 2. The zero-order valence-corrected chi connectivity index (χ0v) is 36.6. The van der Waals surface area contributed by atoms with Crippen molar-refractivity contribution in [3.63, 3.8) is 0 Å². The summed E-state index contributed by atoms with van der Waals surface area (Å²) in [4.78, 5) is 38.3. The molecule has 1 aliphatic rings. The van der Waals surface area contributed by atoms with Crippen LogP contribution in [0.1, 0.15) is 51.9 Å². The van der Waals surface area contributed by atoms with Gasteiger partial charge in [0.15, 0.2) is 5.12 Å². The number of nitrogens with zero attached hydrogens (tertiary/aromatic N) is 2. The van der Waals surface area contributed by atoms with E-state index in [0.717, 1.165) is 58.3 Å². The third kappa shape index (κ3) is 31.1. The number of aliphatic hydroxyl groups is 4. The van der Waals surface area contributed by atoms with Crippen LogP contribution in [0.25, 0.3) is 0 Å². The van der Waals surface area contributed by atoms with Crippen molar-refractivity contribution in [1.82, 2.24) is 20.4 Å². The SMILES string of the molecule is CCC(O)CN(C[CH-]O)CCCCSC.O=CCC1CNC(CC(=O)SCCCCN(C[CH-]O)C[CH-]O)C(=O)N1.[Ce].[Ce].[Ce]. The summed E-state index contributed by atoms with van der Waals surface area (Å²) in [6.07, 6.45) is 7.79. The Morgan fingerprint density at radius 2 is 1.56 bits per heavy atom. The van der Waals surface area contributed by atoms with Crippen LogP contribution in [0.15, 0.2) is 0 Å². The second-order valence-corrected chi connectivity index (χ2v) is 11.7. The monoisotopic (exact) mass is 1030 g/mol. The minimum absolute atomic E-state index is 0. The fourth-order valence-corrected chi connectivity index (χ4v) is 5.23. The van der Waals surface area contributed by atoms with E-state index in [1.54, 1.807) is 0 Å². The number of hydrogen-bond donors (Lipinski definition) is 6. The van der Waals surface area contributed by atoms with E-state index in [1.165, 1.54) is 23.9 Å². The Bertz CT molecular complexity index is 662. The van der Waals surface area contributed by atoms with Crippen molar-refractivity contribution in [3.05, 3.63) is 19.8 Å². The number of thioether (sulfide) groups is 2. The number of nitrogens with one attached hydrogen (secondary N) is 2. The molecule has 0 aliphatic carbocycles. The molecule has 1 fully saturated rings. The smallest absolute Gasteiger partial charge is 0.237 e. The molecule has 1 saturated heterocycles. The van der Waals surface area contributed by atoms with E-state index in [2.05, 4.69) is 21.8 Å². The van der Waals surface area contributed by atoms with Crippen molar-refractivity contribution >= 4 is 40.8 Å². The van der Waals surface area contributed by atoms with Crippen LogP contribution in [0.3, 0.4) is 0 Å². The Balaban J connectivity index is -0.000000368. The third-order valence-corrected chi connectivity index (χ3v) is 7.87. The summed E-state index contributed by atoms with van der Waals surface area (Å²) in [5.74, 6) is 1.62. The van der Waals surface area contributed by atoms with Gasteiger partial charge in [0.1, 0.15) is 6.29 Å². The van der Waals surface area contributed by atoms with E-state index in [4.69, 9.17) is 15.3 Å². The Morgan fingerprint density at radius 3 is 2.07 bits per heavy atom. The standard InChI is InChI=1S/C16H27N3O5S.C11H24NO2S.3Ce/c20-7-3-13-12-17-14(16(24)18-13)11-15(23)25-10-2-1-4-19(5-8-21)6-9-22;1-3-11(14)10-12(7-8-13)6-4-5-9-15-2;;;/h7-9,13-14,17,21-22H,1-6,10-12H2,(H,18,24);8,11,13-14H,3-7,9-10H2,1-2H3;;;/q-2;-1;;;. The molecule has 0 aromatic heterocycles. The van der Waals surface area contributed by atoms with Gasteiger partial charge in [0, 0.05) is 163 Å². The van der Waals surface area contributed by atoms with Crippen molar-refractivity contribution in [3.8, 4) is 0 Å². The topological polar surface area (TPSA) is 163 Å². The van der Waals surface area contributed by atoms with Gasteiger partial charge in [-0.3, -0.25) is 9.59 Å². The number of hydrogen-bond acceptors (Lipinski definition) is 12. The molecule has 3 unspecified atom stereocenters. The summed E-state index contributed by atoms with van der Waals surface area (Å²) in [5, 5.41) is 41.6. The maximum Gasteiger partial charge on any atom is 0.237 e. The van der Waals surface area contributed by atoms with Crippen LogP contribution in [0.2, 0.25) is 0 Å². The van der Waals surface area contributed by atoms with Crippen LogP contribution in [-0.2, 0) is 14.4 Å². The van der Waals surface area contributed by atoms with Gasteiger partial charge in [0.2, 0.25) is 5.91 Å². The minimum Gasteiger partial charge on any atom is -0.565 e. The maximum atomic E-state index is 12.0. The number of piperazine rings is 1. The zero-order chi connectivity index (χ0) is 30.0. The molecule has 3 atom stereocenters. The van der Waals surface area contributed by atoms with Gasteiger partial charge in [0.05, 0.1) is 12.1 Å². The number of amides is 1. The summed E-state index contributed by atoms with van der Waals surface area (Å²) in [6.45, 7) is 9.37. The third-order valence-electron chi connectivity index (χ3n) is 6.19. The molecule has 1 rings (SSSR count). The van der Waals surface area contributed by atoms with Crippen molar-refractivity contribution < 1.29 is 160 Å². The van der Waals surface area contributed by atoms with E-state index < -0.39 is 6.04 Å². The van der Waals surface area contributed by atoms with E-state index in [9.17, 15) is 19.5 Å². The van der Waals surface area contributed by atoms with Crippen LogP contribution in [0.5, 0.6) is 0 Å². The fourth-order valence-electron chi connectivity index (χ4n) is 3.87. The van der Waals surface area contributed by atoms with Crippen molar-refractivity contribution in [2.75, 3.05) is 63.6 Å². The van der Waals surface area contributed by atoms with Gasteiger partial charge in [-0.05, 0) is 57.2 Å². The second kappa shape index (κ2) is 38.2. The van der Waals surface area contributed by atoms with Gasteiger partial charge < -0.3 is 45.7 Å². The van der Waals surface area contributed by atoms with E-state index in [-0.39, 0.29) is 161 Å². The molecule has 0 saturated carbocycles. The number of aliphatic hydroxyl groups excluding tert-OH is 4. The minimum atomic E-state index is -0.529. The fraction of sp³-hybridized carbons (Fsp3) is 0.778. The molecule has 11 nitrogen and oxygen atoms in total.